The van der Waals surface area contributed by atoms with Crippen LogP contribution in [0.25, 0.3) is 0 Å². The molecule has 0 radical (unpaired) electrons. The first-order valence-electron chi connectivity index (χ1n) is 5.69. The number of nitrogens with one attached hydrogen (secondary N) is 1. The molecule has 4 heteroatoms. The summed E-state index contributed by atoms with van der Waals surface area (Å²) in [5.74, 6) is 1.67. The average molecular weight is 231 g/mol. The highest BCUT2D eigenvalue weighted by Crippen LogP contribution is 2.27. The molecule has 0 saturated carbocycles. The highest BCUT2D eigenvalue weighted by molar-refractivity contribution is 7.99. The maximum atomic E-state index is 11.2. The smallest absolute Gasteiger partial charge is 0.310 e. The molecule has 0 aliphatic carbocycles. The van der Waals surface area contributed by atoms with E-state index < -0.39 is 11.4 Å². The third-order valence-corrected chi connectivity index (χ3v) is 4.63. The number of carbonyl (C=O) groups is 1. The zero-order valence-corrected chi connectivity index (χ0v) is 10.4. The van der Waals surface area contributed by atoms with Crippen molar-refractivity contribution in [3.8, 4) is 0 Å². The van der Waals surface area contributed by atoms with Crippen molar-refractivity contribution in [1.29, 1.82) is 0 Å². The highest BCUT2D eigenvalue weighted by Gasteiger charge is 2.35. The van der Waals surface area contributed by atoms with E-state index in [0.717, 1.165) is 5.75 Å². The maximum Gasteiger partial charge on any atom is 0.310 e. The van der Waals surface area contributed by atoms with Crippen LogP contribution in [0.3, 0.4) is 0 Å². The van der Waals surface area contributed by atoms with Gasteiger partial charge >= 0.3 is 5.97 Å². The predicted molar refractivity (Wildman–Crippen MR) is 64.4 cm³/mol. The third kappa shape index (κ3) is 3.11. The first-order valence-corrected chi connectivity index (χ1v) is 6.84. The standard InChI is InChI=1S/C11H21NO2S/c1-3-11(4-2,10(13)14)8-12-9-5-6-15-7-9/h9,12H,3-8H2,1-2H3,(H,13,14). The fraction of sp³-hybridized carbons (Fsp3) is 0.909. The van der Waals surface area contributed by atoms with E-state index in [2.05, 4.69) is 5.32 Å². The summed E-state index contributed by atoms with van der Waals surface area (Å²) < 4.78 is 0. The molecule has 1 saturated heterocycles. The number of rotatable bonds is 6. The molecule has 1 atom stereocenters. The Morgan fingerprint density at radius 1 is 1.53 bits per heavy atom. The number of hydrogen-bond donors (Lipinski definition) is 2. The summed E-state index contributed by atoms with van der Waals surface area (Å²) in [6.45, 7) is 4.53. The lowest BCUT2D eigenvalue weighted by Gasteiger charge is -2.28. The number of hydrogen-bond acceptors (Lipinski definition) is 3. The molecule has 0 bridgehead atoms. The molecule has 0 aromatic carbocycles. The summed E-state index contributed by atoms with van der Waals surface area (Å²) in [6.07, 6.45) is 2.57. The second-order valence-corrected chi connectivity index (χ2v) is 5.38. The molecule has 2 N–H and O–H groups in total. The molecule has 1 heterocycles. The van der Waals surface area contributed by atoms with Gasteiger partial charge in [-0.05, 0) is 25.0 Å². The monoisotopic (exact) mass is 231 g/mol. The summed E-state index contributed by atoms with van der Waals surface area (Å²) in [6, 6.07) is 0.520. The lowest BCUT2D eigenvalue weighted by Crippen LogP contribution is -2.44. The Hall–Kier alpha value is -0.220. The molecule has 1 unspecified atom stereocenters. The lowest BCUT2D eigenvalue weighted by atomic mass is 9.82. The molecule has 15 heavy (non-hydrogen) atoms. The predicted octanol–water partition coefficient (Wildman–Crippen LogP) is 1.97. The van der Waals surface area contributed by atoms with Gasteiger partial charge in [-0.2, -0.15) is 11.8 Å². The number of carboxylic acid groups (broad SMARTS) is 1. The van der Waals surface area contributed by atoms with Crippen LogP contribution in [-0.2, 0) is 4.79 Å². The van der Waals surface area contributed by atoms with E-state index in [1.165, 1.54) is 12.2 Å². The molecule has 1 aliphatic heterocycles. The fourth-order valence-corrected chi connectivity index (χ4v) is 3.10. The van der Waals surface area contributed by atoms with Crippen LogP contribution in [0.4, 0.5) is 0 Å². The largest absolute Gasteiger partial charge is 0.481 e. The number of aliphatic carboxylic acids is 1. The Morgan fingerprint density at radius 2 is 2.20 bits per heavy atom. The van der Waals surface area contributed by atoms with E-state index in [1.54, 1.807) is 0 Å². The molecule has 0 aromatic rings. The van der Waals surface area contributed by atoms with E-state index in [-0.39, 0.29) is 0 Å². The van der Waals surface area contributed by atoms with Crippen LogP contribution in [0.2, 0.25) is 0 Å². The molecule has 1 rings (SSSR count). The van der Waals surface area contributed by atoms with Gasteiger partial charge in [-0.1, -0.05) is 13.8 Å². The topological polar surface area (TPSA) is 49.3 Å². The van der Waals surface area contributed by atoms with Crippen LogP contribution in [0.5, 0.6) is 0 Å². The van der Waals surface area contributed by atoms with Crippen LogP contribution < -0.4 is 5.32 Å². The summed E-state index contributed by atoms with van der Waals surface area (Å²) in [5, 5.41) is 12.7. The van der Waals surface area contributed by atoms with E-state index >= 15 is 0 Å². The normalized spacial score (nSPS) is 21.9. The number of carboxylic acids is 1. The van der Waals surface area contributed by atoms with E-state index in [0.29, 0.717) is 25.4 Å². The quantitative estimate of drug-likeness (QED) is 0.734. The minimum Gasteiger partial charge on any atom is -0.481 e. The van der Waals surface area contributed by atoms with Crippen LogP contribution in [0.15, 0.2) is 0 Å². The first kappa shape index (κ1) is 12.8. The van der Waals surface area contributed by atoms with Crippen molar-refractivity contribution in [2.45, 2.75) is 39.2 Å². The number of thioether (sulfide) groups is 1. The Balaban J connectivity index is 2.46. The van der Waals surface area contributed by atoms with Crippen LogP contribution in [0.1, 0.15) is 33.1 Å². The van der Waals surface area contributed by atoms with E-state index in [9.17, 15) is 9.90 Å². The van der Waals surface area contributed by atoms with Crippen molar-refractivity contribution >= 4 is 17.7 Å². The Kier molecular flexibility index (Phi) is 4.93. The molecular formula is C11H21NO2S. The molecule has 1 fully saturated rings. The van der Waals surface area contributed by atoms with Gasteiger partial charge in [0.2, 0.25) is 0 Å². The van der Waals surface area contributed by atoms with Gasteiger partial charge < -0.3 is 10.4 Å². The first-order chi connectivity index (χ1) is 7.14. The minimum absolute atomic E-state index is 0.520. The zero-order chi connectivity index (χ0) is 11.3. The highest BCUT2D eigenvalue weighted by atomic mass is 32.2. The Labute approximate surface area is 96.0 Å². The van der Waals surface area contributed by atoms with Gasteiger partial charge in [0.1, 0.15) is 0 Å². The fourth-order valence-electron chi connectivity index (χ4n) is 1.91. The summed E-state index contributed by atoms with van der Waals surface area (Å²) in [5.41, 5.74) is -0.562. The van der Waals surface area contributed by atoms with Gasteiger partial charge in [0.15, 0.2) is 0 Å². The van der Waals surface area contributed by atoms with Gasteiger partial charge in [-0.15, -0.1) is 0 Å². The van der Waals surface area contributed by atoms with Crippen molar-refractivity contribution in [2.24, 2.45) is 5.41 Å². The van der Waals surface area contributed by atoms with Crippen molar-refractivity contribution in [2.75, 3.05) is 18.1 Å². The van der Waals surface area contributed by atoms with Crippen LogP contribution in [0, 0.1) is 5.41 Å². The summed E-state index contributed by atoms with van der Waals surface area (Å²) in [4.78, 5) is 11.2. The summed E-state index contributed by atoms with van der Waals surface area (Å²) in [7, 11) is 0. The molecular weight excluding hydrogens is 210 g/mol. The van der Waals surface area contributed by atoms with Crippen LogP contribution >= 0.6 is 11.8 Å². The van der Waals surface area contributed by atoms with E-state index in [4.69, 9.17) is 0 Å². The molecule has 0 amide bonds. The molecule has 0 spiro atoms. The molecule has 1 aliphatic rings. The summed E-state index contributed by atoms with van der Waals surface area (Å²) >= 11 is 1.95. The second kappa shape index (κ2) is 5.75. The second-order valence-electron chi connectivity index (χ2n) is 4.23. The van der Waals surface area contributed by atoms with Gasteiger partial charge in [0.05, 0.1) is 5.41 Å². The zero-order valence-electron chi connectivity index (χ0n) is 9.58. The van der Waals surface area contributed by atoms with Crippen LogP contribution in [-0.4, -0.2) is 35.2 Å². The van der Waals surface area contributed by atoms with Gasteiger partial charge in [0, 0.05) is 18.3 Å². The van der Waals surface area contributed by atoms with Gasteiger partial charge in [-0.3, -0.25) is 4.79 Å². The van der Waals surface area contributed by atoms with E-state index in [1.807, 2.05) is 25.6 Å². The molecule has 3 nitrogen and oxygen atoms in total. The average Bonchev–Trinajstić information content (AvgIpc) is 2.72. The molecule has 0 aromatic heterocycles. The Bertz CT molecular complexity index is 211. The van der Waals surface area contributed by atoms with Gasteiger partial charge in [-0.25, -0.2) is 0 Å². The van der Waals surface area contributed by atoms with Crippen molar-refractivity contribution in [1.82, 2.24) is 5.32 Å². The van der Waals surface area contributed by atoms with Crippen molar-refractivity contribution < 1.29 is 9.90 Å². The SMILES string of the molecule is CCC(CC)(CNC1CCSC1)C(=O)O. The Morgan fingerprint density at radius 3 is 2.60 bits per heavy atom. The van der Waals surface area contributed by atoms with Crippen molar-refractivity contribution in [3.05, 3.63) is 0 Å². The molecule has 88 valence electrons. The maximum absolute atomic E-state index is 11.2. The minimum atomic E-state index is -0.661. The third-order valence-electron chi connectivity index (χ3n) is 3.47. The van der Waals surface area contributed by atoms with Crippen molar-refractivity contribution in [3.63, 3.8) is 0 Å². The van der Waals surface area contributed by atoms with Gasteiger partial charge in [0.25, 0.3) is 0 Å². The lowest BCUT2D eigenvalue weighted by molar-refractivity contribution is -0.149.